The predicted molar refractivity (Wildman–Crippen MR) is 226 cm³/mol. The molecule has 0 radical (unpaired) electrons. The molecule has 11 aromatic rings. The number of pyridine rings is 1. The van der Waals surface area contributed by atoms with E-state index in [1.54, 1.807) is 0 Å². The minimum absolute atomic E-state index is 0.626. The molecule has 11 rings (SSSR count). The predicted octanol–water partition coefficient (Wildman–Crippen LogP) is 12.5. The molecule has 0 saturated carbocycles. The van der Waals surface area contributed by atoms with Gasteiger partial charge in [-0.25, -0.2) is 19.9 Å². The van der Waals surface area contributed by atoms with Crippen molar-refractivity contribution in [2.24, 2.45) is 0 Å². The summed E-state index contributed by atoms with van der Waals surface area (Å²) in [4.78, 5) is 20.3. The van der Waals surface area contributed by atoms with Crippen molar-refractivity contribution in [3.63, 3.8) is 0 Å². The highest BCUT2D eigenvalue weighted by Crippen LogP contribution is 2.44. The van der Waals surface area contributed by atoms with E-state index in [1.165, 1.54) is 21.5 Å². The molecule has 3 heterocycles. The van der Waals surface area contributed by atoms with Gasteiger partial charge in [0.05, 0.1) is 22.2 Å². The van der Waals surface area contributed by atoms with Crippen LogP contribution in [0.3, 0.4) is 0 Å². The first-order valence-electron chi connectivity index (χ1n) is 18.5. The van der Waals surface area contributed by atoms with E-state index in [4.69, 9.17) is 19.9 Å². The van der Waals surface area contributed by atoms with Gasteiger partial charge in [-0.2, -0.15) is 0 Å². The summed E-state index contributed by atoms with van der Waals surface area (Å²) in [5, 5.41) is 8.25. The van der Waals surface area contributed by atoms with Crippen LogP contribution in [-0.4, -0.2) is 24.5 Å². The number of aromatic nitrogens is 5. The van der Waals surface area contributed by atoms with E-state index in [2.05, 4.69) is 132 Å². The molecule has 0 N–H and O–H groups in total. The molecule has 5 heteroatoms. The lowest BCUT2D eigenvalue weighted by molar-refractivity contribution is 1.07. The zero-order chi connectivity index (χ0) is 36.3. The molecule has 5 nitrogen and oxygen atoms in total. The van der Waals surface area contributed by atoms with E-state index in [0.29, 0.717) is 17.5 Å². The summed E-state index contributed by atoms with van der Waals surface area (Å²) >= 11 is 0. The van der Waals surface area contributed by atoms with E-state index >= 15 is 0 Å². The molecular weight excluding hydrogens is 671 g/mol. The molecule has 0 amide bonds. The van der Waals surface area contributed by atoms with Crippen LogP contribution in [0, 0.1) is 0 Å². The van der Waals surface area contributed by atoms with Gasteiger partial charge in [-0.15, -0.1) is 0 Å². The fraction of sp³-hybridized carbons (Fsp3) is 0. The number of fused-ring (bicyclic) bond motifs is 8. The van der Waals surface area contributed by atoms with Crippen LogP contribution in [0.25, 0.3) is 105 Å². The molecule has 0 aliphatic heterocycles. The molecular formula is C50H31N5. The minimum atomic E-state index is 0.626. The van der Waals surface area contributed by atoms with Crippen LogP contribution in [0.1, 0.15) is 0 Å². The maximum atomic E-state index is 5.47. The van der Waals surface area contributed by atoms with Crippen LogP contribution in [0.15, 0.2) is 188 Å². The minimum Gasteiger partial charge on any atom is -0.308 e. The first kappa shape index (κ1) is 31.1. The Hall–Kier alpha value is -7.50. The van der Waals surface area contributed by atoms with Gasteiger partial charge in [-0.05, 0) is 64.0 Å². The zero-order valence-corrected chi connectivity index (χ0v) is 29.6. The number of rotatable bonds is 5. The highest BCUT2D eigenvalue weighted by atomic mass is 15.0. The normalized spacial score (nSPS) is 11.6. The Kier molecular flexibility index (Phi) is 7.10. The van der Waals surface area contributed by atoms with Crippen LogP contribution < -0.4 is 0 Å². The van der Waals surface area contributed by atoms with Gasteiger partial charge in [0.2, 0.25) is 0 Å². The first-order chi connectivity index (χ1) is 27.3. The Morgan fingerprint density at radius 3 is 1.55 bits per heavy atom. The fourth-order valence-corrected chi connectivity index (χ4v) is 8.09. The lowest BCUT2D eigenvalue weighted by atomic mass is 9.93. The molecule has 0 aliphatic carbocycles. The summed E-state index contributed by atoms with van der Waals surface area (Å²) in [6.07, 6.45) is 0. The van der Waals surface area contributed by atoms with Crippen LogP contribution in [0.4, 0.5) is 0 Å². The second-order valence-corrected chi connectivity index (χ2v) is 13.8. The molecule has 0 saturated heterocycles. The van der Waals surface area contributed by atoms with Gasteiger partial charge in [0.1, 0.15) is 0 Å². The highest BCUT2D eigenvalue weighted by Gasteiger charge is 2.22. The zero-order valence-electron chi connectivity index (χ0n) is 29.6. The van der Waals surface area contributed by atoms with E-state index < -0.39 is 0 Å². The number of hydrogen-bond donors (Lipinski definition) is 0. The van der Waals surface area contributed by atoms with E-state index in [-0.39, 0.29) is 0 Å². The maximum Gasteiger partial charge on any atom is 0.164 e. The van der Waals surface area contributed by atoms with Gasteiger partial charge >= 0.3 is 0 Å². The third-order valence-corrected chi connectivity index (χ3v) is 10.6. The molecule has 0 bridgehead atoms. The number of para-hydroxylation sites is 2. The molecule has 0 spiro atoms. The van der Waals surface area contributed by atoms with Crippen LogP contribution >= 0.6 is 0 Å². The standard InChI is InChI=1S/C50H31N5/c1-3-15-32(16-4-1)48-52-49(33-17-5-2-6-18-33)54-50(53-48)34-27-29-36(30-28-34)55-44-26-14-12-24-41(44)45-46(51-43-25-13-11-23-40(43)47(45)55)42-31-35-19-7-8-20-37(35)38-21-9-10-22-39(38)42/h1-31H. The second-order valence-electron chi connectivity index (χ2n) is 13.8. The van der Waals surface area contributed by atoms with Crippen molar-refractivity contribution in [2.45, 2.75) is 0 Å². The fourth-order valence-electron chi connectivity index (χ4n) is 8.09. The molecule has 3 aromatic heterocycles. The van der Waals surface area contributed by atoms with Gasteiger partial charge in [0.25, 0.3) is 0 Å². The van der Waals surface area contributed by atoms with Gasteiger partial charge < -0.3 is 4.57 Å². The quantitative estimate of drug-likeness (QED) is 0.168. The molecule has 0 fully saturated rings. The Labute approximate surface area is 316 Å². The number of nitrogens with zero attached hydrogens (tertiary/aromatic N) is 5. The van der Waals surface area contributed by atoms with Crippen molar-refractivity contribution < 1.29 is 0 Å². The van der Waals surface area contributed by atoms with Crippen molar-refractivity contribution in [2.75, 3.05) is 0 Å². The van der Waals surface area contributed by atoms with Crippen molar-refractivity contribution in [3.05, 3.63) is 188 Å². The van der Waals surface area contributed by atoms with Crippen LogP contribution in [0.2, 0.25) is 0 Å². The highest BCUT2D eigenvalue weighted by molar-refractivity contribution is 6.25. The van der Waals surface area contributed by atoms with Gasteiger partial charge in [0, 0.05) is 44.1 Å². The Morgan fingerprint density at radius 2 is 0.873 bits per heavy atom. The monoisotopic (exact) mass is 701 g/mol. The van der Waals surface area contributed by atoms with Crippen molar-refractivity contribution in [3.8, 4) is 51.1 Å². The topological polar surface area (TPSA) is 56.5 Å². The van der Waals surface area contributed by atoms with Crippen LogP contribution in [0.5, 0.6) is 0 Å². The molecule has 8 aromatic carbocycles. The third kappa shape index (κ3) is 5.09. The second kappa shape index (κ2) is 12.6. The first-order valence-corrected chi connectivity index (χ1v) is 18.5. The smallest absolute Gasteiger partial charge is 0.164 e. The van der Waals surface area contributed by atoms with Crippen molar-refractivity contribution in [1.82, 2.24) is 24.5 Å². The summed E-state index contributed by atoms with van der Waals surface area (Å²) in [5.74, 6) is 1.91. The molecule has 256 valence electrons. The van der Waals surface area contributed by atoms with Crippen LogP contribution in [-0.2, 0) is 0 Å². The van der Waals surface area contributed by atoms with E-state index in [9.17, 15) is 0 Å². The molecule has 0 aliphatic rings. The average molecular weight is 702 g/mol. The molecule has 0 atom stereocenters. The summed E-state index contributed by atoms with van der Waals surface area (Å²) in [6, 6.07) is 65.6. The van der Waals surface area contributed by atoms with Gasteiger partial charge in [-0.1, -0.05) is 146 Å². The number of hydrogen-bond acceptors (Lipinski definition) is 4. The Balaban J connectivity index is 1.15. The molecule has 0 unspecified atom stereocenters. The summed E-state index contributed by atoms with van der Waals surface area (Å²) in [5.41, 5.74) is 9.15. The Bertz CT molecular complexity index is 3180. The van der Waals surface area contributed by atoms with E-state index in [0.717, 1.165) is 66.3 Å². The summed E-state index contributed by atoms with van der Waals surface area (Å²) < 4.78 is 2.39. The average Bonchev–Trinajstić information content (AvgIpc) is 3.62. The van der Waals surface area contributed by atoms with E-state index in [1.807, 2.05) is 60.7 Å². The van der Waals surface area contributed by atoms with Gasteiger partial charge in [-0.3, -0.25) is 0 Å². The maximum absolute atomic E-state index is 5.47. The summed E-state index contributed by atoms with van der Waals surface area (Å²) in [6.45, 7) is 0. The van der Waals surface area contributed by atoms with Crippen molar-refractivity contribution >= 4 is 54.3 Å². The SMILES string of the molecule is c1ccc(-c2nc(-c3ccccc3)nc(-c3ccc(-n4c5ccccc5c5c(-c6cc7ccccc7c7ccccc67)nc6ccccc6c54)cc3)n2)cc1. The number of benzene rings is 8. The largest absolute Gasteiger partial charge is 0.308 e. The molecule has 55 heavy (non-hydrogen) atoms. The lowest BCUT2D eigenvalue weighted by Crippen LogP contribution is -2.00. The Morgan fingerprint density at radius 1 is 0.364 bits per heavy atom. The van der Waals surface area contributed by atoms with Gasteiger partial charge in [0.15, 0.2) is 17.5 Å². The van der Waals surface area contributed by atoms with Crippen molar-refractivity contribution in [1.29, 1.82) is 0 Å². The lowest BCUT2D eigenvalue weighted by Gasteiger charge is -2.14. The summed E-state index contributed by atoms with van der Waals surface area (Å²) in [7, 11) is 0. The third-order valence-electron chi connectivity index (χ3n) is 10.6.